The molecule has 0 aromatic heterocycles. The molecule has 1 aliphatic rings. The summed E-state index contributed by atoms with van der Waals surface area (Å²) in [5, 5.41) is 10.3. The van der Waals surface area contributed by atoms with E-state index in [0.717, 1.165) is 5.56 Å². The number of fused-ring (bicyclic) bond motifs is 1. The van der Waals surface area contributed by atoms with Crippen molar-refractivity contribution < 1.29 is 5.11 Å². The van der Waals surface area contributed by atoms with Crippen LogP contribution in [0.1, 0.15) is 35.8 Å². The number of aryl methyl sites for hydroxylation is 1. The normalized spacial score (nSPS) is 22.6. The zero-order valence-electron chi connectivity index (χ0n) is 11.8. The second-order valence-corrected chi connectivity index (χ2v) is 6.45. The fourth-order valence-electron chi connectivity index (χ4n) is 2.63. The summed E-state index contributed by atoms with van der Waals surface area (Å²) in [6.07, 6.45) is -0.402. The lowest BCUT2D eigenvalue weighted by Gasteiger charge is -2.36. The van der Waals surface area contributed by atoms with Crippen LogP contribution in [0.2, 0.25) is 0 Å². The van der Waals surface area contributed by atoms with Crippen LogP contribution in [0, 0.1) is 6.92 Å². The van der Waals surface area contributed by atoms with Gasteiger partial charge in [-0.25, -0.2) is 4.31 Å². The Hall–Kier alpha value is -1.29. The van der Waals surface area contributed by atoms with Gasteiger partial charge < -0.3 is 5.11 Å². The topological polar surface area (TPSA) is 23.5 Å². The van der Waals surface area contributed by atoms with Crippen LogP contribution in [-0.4, -0.2) is 16.0 Å². The number of benzene rings is 2. The molecule has 0 aliphatic carbocycles. The van der Waals surface area contributed by atoms with Gasteiger partial charge in [-0.3, -0.25) is 0 Å². The molecule has 2 atom stereocenters. The van der Waals surface area contributed by atoms with Crippen LogP contribution in [0.25, 0.3) is 0 Å². The molecular formula is C17H19NOS. The van der Waals surface area contributed by atoms with E-state index >= 15 is 0 Å². The highest BCUT2D eigenvalue weighted by Crippen LogP contribution is 2.40. The van der Waals surface area contributed by atoms with Gasteiger partial charge in [0.15, 0.2) is 0 Å². The Morgan fingerprint density at radius 2 is 1.70 bits per heavy atom. The molecule has 1 aliphatic heterocycles. The molecule has 2 aromatic carbocycles. The lowest BCUT2D eigenvalue weighted by molar-refractivity contribution is 0.124. The summed E-state index contributed by atoms with van der Waals surface area (Å²) in [5.74, 6) is 0. The summed E-state index contributed by atoms with van der Waals surface area (Å²) in [6.45, 7) is 4.96. The number of β-amino-alcohol motifs (C(OH)–C–C–N with tert-alkyl or cyclic N) is 1. The molecule has 3 rings (SSSR count). The first-order chi connectivity index (χ1) is 9.65. The fourth-order valence-corrected chi connectivity index (χ4v) is 3.64. The predicted molar refractivity (Wildman–Crippen MR) is 83.6 cm³/mol. The first-order valence-corrected chi connectivity index (χ1v) is 7.70. The Morgan fingerprint density at radius 3 is 2.40 bits per heavy atom. The zero-order chi connectivity index (χ0) is 14.1. The summed E-state index contributed by atoms with van der Waals surface area (Å²) in [5.41, 5.74) is 3.57. The Balaban J connectivity index is 1.84. The smallest absolute Gasteiger partial charge is 0.0929 e. The Bertz CT molecular complexity index is 596. The van der Waals surface area contributed by atoms with E-state index in [9.17, 15) is 5.11 Å². The van der Waals surface area contributed by atoms with E-state index < -0.39 is 6.10 Å². The van der Waals surface area contributed by atoms with Crippen LogP contribution in [-0.2, 0) is 0 Å². The molecule has 3 heteroatoms. The Morgan fingerprint density at radius 1 is 1.05 bits per heavy atom. The van der Waals surface area contributed by atoms with Crippen molar-refractivity contribution in [3.63, 3.8) is 0 Å². The van der Waals surface area contributed by atoms with Gasteiger partial charge in [-0.05, 0) is 49.1 Å². The van der Waals surface area contributed by atoms with Gasteiger partial charge in [0.05, 0.1) is 6.10 Å². The summed E-state index contributed by atoms with van der Waals surface area (Å²) in [4.78, 5) is 1.22. The maximum absolute atomic E-state index is 10.3. The van der Waals surface area contributed by atoms with Gasteiger partial charge in [0, 0.05) is 17.5 Å². The van der Waals surface area contributed by atoms with Crippen LogP contribution >= 0.6 is 11.9 Å². The highest BCUT2D eigenvalue weighted by atomic mass is 32.2. The van der Waals surface area contributed by atoms with Crippen molar-refractivity contribution in [1.29, 1.82) is 0 Å². The summed E-state index contributed by atoms with van der Waals surface area (Å²) in [6, 6.07) is 17.0. The molecule has 1 heterocycles. The van der Waals surface area contributed by atoms with E-state index in [1.165, 1.54) is 16.0 Å². The molecule has 2 nitrogen and oxygen atoms in total. The third-order valence-corrected chi connectivity index (χ3v) is 5.02. The number of rotatable bonds is 2. The number of aliphatic hydroxyl groups is 1. The third-order valence-electron chi connectivity index (χ3n) is 3.83. The second-order valence-electron chi connectivity index (χ2n) is 5.32. The van der Waals surface area contributed by atoms with Crippen molar-refractivity contribution in [3.8, 4) is 0 Å². The minimum Gasteiger partial charge on any atom is -0.387 e. The summed E-state index contributed by atoms with van der Waals surface area (Å²) < 4.78 is 2.26. The van der Waals surface area contributed by atoms with Crippen LogP contribution in [0.4, 0.5) is 0 Å². The van der Waals surface area contributed by atoms with Gasteiger partial charge >= 0.3 is 0 Å². The second kappa shape index (κ2) is 5.60. The quantitative estimate of drug-likeness (QED) is 0.840. The average molecular weight is 285 g/mol. The first kappa shape index (κ1) is 13.7. The van der Waals surface area contributed by atoms with Gasteiger partial charge in [0.25, 0.3) is 0 Å². The van der Waals surface area contributed by atoms with Crippen molar-refractivity contribution in [2.24, 2.45) is 0 Å². The molecule has 2 unspecified atom stereocenters. The van der Waals surface area contributed by atoms with E-state index in [2.05, 4.69) is 48.5 Å². The van der Waals surface area contributed by atoms with E-state index in [0.29, 0.717) is 12.6 Å². The summed E-state index contributed by atoms with van der Waals surface area (Å²) >= 11 is 1.72. The zero-order valence-corrected chi connectivity index (χ0v) is 12.6. The lowest BCUT2D eigenvalue weighted by atomic mass is 9.93. The molecular weight excluding hydrogens is 266 g/mol. The molecule has 0 bridgehead atoms. The Labute approximate surface area is 124 Å². The number of hydrogen-bond donors (Lipinski definition) is 1. The number of aliphatic hydroxyl groups excluding tert-OH is 1. The molecule has 0 fully saturated rings. The molecule has 104 valence electrons. The molecule has 0 saturated carbocycles. The maximum Gasteiger partial charge on any atom is 0.0929 e. The minimum atomic E-state index is -0.402. The SMILES string of the molecule is Cc1ccc(SN2CC(O)c3ccccc3C2C)cc1. The van der Waals surface area contributed by atoms with Crippen LogP contribution in [0.5, 0.6) is 0 Å². The molecule has 20 heavy (non-hydrogen) atoms. The van der Waals surface area contributed by atoms with Crippen molar-refractivity contribution in [2.45, 2.75) is 30.9 Å². The highest BCUT2D eigenvalue weighted by Gasteiger charge is 2.29. The molecule has 0 spiro atoms. The van der Waals surface area contributed by atoms with Crippen LogP contribution in [0.15, 0.2) is 53.4 Å². The summed E-state index contributed by atoms with van der Waals surface area (Å²) in [7, 11) is 0. The fraction of sp³-hybridized carbons (Fsp3) is 0.294. The average Bonchev–Trinajstić information content (AvgIpc) is 2.47. The number of hydrogen-bond acceptors (Lipinski definition) is 3. The third kappa shape index (κ3) is 2.62. The molecule has 1 N–H and O–H groups in total. The van der Waals surface area contributed by atoms with E-state index in [1.807, 2.05) is 18.2 Å². The number of nitrogens with zero attached hydrogens (tertiary/aromatic N) is 1. The standard InChI is InChI=1S/C17H19NOS/c1-12-7-9-14(10-8-12)20-18-11-17(19)16-6-4-3-5-15(16)13(18)2/h3-10,13,17,19H,11H2,1-2H3. The highest BCUT2D eigenvalue weighted by molar-refractivity contribution is 7.97. The van der Waals surface area contributed by atoms with E-state index in [1.54, 1.807) is 11.9 Å². The van der Waals surface area contributed by atoms with Gasteiger partial charge in [-0.1, -0.05) is 42.0 Å². The van der Waals surface area contributed by atoms with Crippen molar-refractivity contribution in [2.75, 3.05) is 6.54 Å². The predicted octanol–water partition coefficient (Wildman–Crippen LogP) is 4.11. The molecule has 2 aromatic rings. The molecule has 0 saturated heterocycles. The maximum atomic E-state index is 10.3. The van der Waals surface area contributed by atoms with Crippen molar-refractivity contribution in [3.05, 3.63) is 65.2 Å². The van der Waals surface area contributed by atoms with E-state index in [-0.39, 0.29) is 0 Å². The Kier molecular flexibility index (Phi) is 3.83. The van der Waals surface area contributed by atoms with Gasteiger partial charge in [-0.2, -0.15) is 0 Å². The van der Waals surface area contributed by atoms with Gasteiger partial charge in [0.1, 0.15) is 0 Å². The van der Waals surface area contributed by atoms with Crippen molar-refractivity contribution >= 4 is 11.9 Å². The lowest BCUT2D eigenvalue weighted by Crippen LogP contribution is -2.31. The largest absolute Gasteiger partial charge is 0.387 e. The van der Waals surface area contributed by atoms with Gasteiger partial charge in [-0.15, -0.1) is 0 Å². The first-order valence-electron chi connectivity index (χ1n) is 6.93. The minimum absolute atomic E-state index is 0.306. The van der Waals surface area contributed by atoms with Crippen LogP contribution in [0.3, 0.4) is 0 Å². The van der Waals surface area contributed by atoms with Gasteiger partial charge in [0.2, 0.25) is 0 Å². The van der Waals surface area contributed by atoms with Crippen molar-refractivity contribution in [1.82, 2.24) is 4.31 Å². The molecule has 0 radical (unpaired) electrons. The van der Waals surface area contributed by atoms with Crippen LogP contribution < -0.4 is 0 Å². The molecule has 0 amide bonds. The van der Waals surface area contributed by atoms with E-state index in [4.69, 9.17) is 0 Å². The monoisotopic (exact) mass is 285 g/mol.